The van der Waals surface area contributed by atoms with Gasteiger partial charge in [-0.25, -0.2) is 10.9 Å². The lowest BCUT2D eigenvalue weighted by Gasteiger charge is -2.21. The van der Waals surface area contributed by atoms with Gasteiger partial charge in [-0.2, -0.15) is 26.3 Å². The Kier molecular flexibility index (Phi) is 6.37. The summed E-state index contributed by atoms with van der Waals surface area (Å²) in [5, 5.41) is -2.14. The van der Waals surface area contributed by atoms with Crippen LogP contribution in [-0.2, 0) is 11.0 Å². The Morgan fingerprint density at radius 1 is 1.05 bits per heavy atom. The molecule has 1 aromatic carbocycles. The normalized spacial score (nSPS) is 11.9. The van der Waals surface area contributed by atoms with Crippen LogP contribution in [0.5, 0.6) is 0 Å². The highest BCUT2D eigenvalue weighted by Crippen LogP contribution is 2.40. The molecule has 0 aliphatic rings. The van der Waals surface area contributed by atoms with Crippen molar-refractivity contribution in [3.63, 3.8) is 0 Å². The molecule has 0 fully saturated rings. The van der Waals surface area contributed by atoms with E-state index >= 15 is 0 Å². The lowest BCUT2D eigenvalue weighted by molar-refractivity contribution is -0.170. The number of hydrazine groups is 1. The molecule has 1 amide bonds. The van der Waals surface area contributed by atoms with E-state index in [9.17, 15) is 31.1 Å². The number of rotatable bonds is 1. The number of benzene rings is 1. The fourth-order valence-corrected chi connectivity index (χ4v) is 1.87. The smallest absolute Gasteiger partial charge is 0.262 e. The second-order valence-corrected chi connectivity index (χ2v) is 4.27. The Morgan fingerprint density at radius 2 is 1.43 bits per heavy atom. The van der Waals surface area contributed by atoms with Crippen molar-refractivity contribution in [2.45, 2.75) is 12.4 Å². The Morgan fingerprint density at radius 3 is 1.71 bits per heavy atom. The fraction of sp³-hybridized carbons (Fsp3) is 0.222. The molecule has 1 aromatic rings. The molecule has 0 radical (unpaired) electrons. The van der Waals surface area contributed by atoms with Crippen molar-refractivity contribution in [1.82, 2.24) is 0 Å². The molecule has 0 saturated carbocycles. The molecule has 0 saturated heterocycles. The van der Waals surface area contributed by atoms with Gasteiger partial charge in [0, 0.05) is 0 Å². The van der Waals surface area contributed by atoms with Crippen LogP contribution in [0.4, 0.5) is 32.0 Å². The van der Waals surface area contributed by atoms with E-state index in [1.165, 1.54) is 0 Å². The number of nitrogens with two attached hydrogens (primary N) is 1. The highest BCUT2D eigenvalue weighted by molar-refractivity contribution is 8.93. The summed E-state index contributed by atoms with van der Waals surface area (Å²) in [5.74, 6) is 2.37. The largest absolute Gasteiger partial charge is 0.473 e. The number of nitrogens with zero attached hydrogens (tertiary/aromatic N) is 1. The van der Waals surface area contributed by atoms with E-state index in [1.54, 1.807) is 0 Å². The maximum absolute atomic E-state index is 12.4. The molecular formula is C9H5BrCl2F6N2O. The van der Waals surface area contributed by atoms with Gasteiger partial charge >= 0.3 is 18.3 Å². The van der Waals surface area contributed by atoms with E-state index in [-0.39, 0.29) is 17.0 Å². The van der Waals surface area contributed by atoms with Gasteiger partial charge in [0.25, 0.3) is 0 Å². The summed E-state index contributed by atoms with van der Waals surface area (Å²) in [5.41, 5.74) is -2.16. The van der Waals surface area contributed by atoms with Crippen molar-refractivity contribution in [3.05, 3.63) is 27.7 Å². The van der Waals surface area contributed by atoms with Gasteiger partial charge in [0.1, 0.15) is 0 Å². The first kappa shape index (κ1) is 20.3. The molecule has 0 spiro atoms. The van der Waals surface area contributed by atoms with Crippen LogP contribution < -0.4 is 10.9 Å². The monoisotopic (exact) mass is 420 g/mol. The molecule has 0 atom stereocenters. The minimum atomic E-state index is -5.33. The first-order valence-electron chi connectivity index (χ1n) is 4.58. The van der Waals surface area contributed by atoms with Crippen molar-refractivity contribution in [2.75, 3.05) is 5.01 Å². The number of amides is 1. The van der Waals surface area contributed by atoms with Gasteiger partial charge in [0.05, 0.1) is 21.3 Å². The van der Waals surface area contributed by atoms with Gasteiger partial charge in [-0.3, -0.25) is 4.79 Å². The van der Waals surface area contributed by atoms with Crippen LogP contribution in [0.3, 0.4) is 0 Å². The quantitative estimate of drug-likeness (QED) is 0.317. The van der Waals surface area contributed by atoms with E-state index in [0.29, 0.717) is 12.1 Å². The zero-order valence-electron chi connectivity index (χ0n) is 9.52. The minimum absolute atomic E-state index is 0. The number of hydrogen-bond donors (Lipinski definition) is 1. The van der Waals surface area contributed by atoms with Crippen LogP contribution in [0.25, 0.3) is 0 Å². The molecular weight excluding hydrogens is 417 g/mol. The van der Waals surface area contributed by atoms with Crippen molar-refractivity contribution in [2.24, 2.45) is 5.84 Å². The molecule has 0 aromatic heterocycles. The van der Waals surface area contributed by atoms with Crippen LogP contribution in [0, 0.1) is 0 Å². The summed E-state index contributed by atoms with van der Waals surface area (Å²) in [6.45, 7) is 0. The average molecular weight is 422 g/mol. The van der Waals surface area contributed by atoms with Gasteiger partial charge < -0.3 is 0 Å². The molecule has 120 valence electrons. The maximum Gasteiger partial charge on any atom is 0.473 e. The number of carbonyl (C=O) groups excluding carboxylic acids is 1. The van der Waals surface area contributed by atoms with E-state index < -0.39 is 44.6 Å². The van der Waals surface area contributed by atoms with E-state index in [4.69, 9.17) is 29.0 Å². The van der Waals surface area contributed by atoms with Crippen LogP contribution in [-0.4, -0.2) is 12.1 Å². The Hall–Kier alpha value is -0.710. The number of carbonyl (C=O) groups is 1. The second-order valence-electron chi connectivity index (χ2n) is 3.46. The van der Waals surface area contributed by atoms with Crippen molar-refractivity contribution >= 4 is 51.8 Å². The number of hydrogen-bond acceptors (Lipinski definition) is 2. The summed E-state index contributed by atoms with van der Waals surface area (Å²) in [7, 11) is 0. The van der Waals surface area contributed by atoms with E-state index in [0.717, 1.165) is 0 Å². The highest BCUT2D eigenvalue weighted by Gasteiger charge is 2.43. The summed E-state index contributed by atoms with van der Waals surface area (Å²) < 4.78 is 73.8. The van der Waals surface area contributed by atoms with Gasteiger partial charge in [-0.15, -0.1) is 17.0 Å². The van der Waals surface area contributed by atoms with Crippen LogP contribution in [0.2, 0.25) is 10.0 Å². The molecule has 1 rings (SSSR count). The number of halogens is 9. The predicted octanol–water partition coefficient (Wildman–Crippen LogP) is 4.36. The number of anilines is 1. The van der Waals surface area contributed by atoms with E-state index in [1.807, 2.05) is 0 Å². The average Bonchev–Trinajstić information content (AvgIpc) is 2.24. The van der Waals surface area contributed by atoms with Crippen molar-refractivity contribution < 1.29 is 31.1 Å². The van der Waals surface area contributed by atoms with Gasteiger partial charge in [0.15, 0.2) is 0 Å². The Bertz CT molecular complexity index is 525. The lowest BCUT2D eigenvalue weighted by atomic mass is 10.2. The molecule has 0 heterocycles. The molecule has 12 heteroatoms. The summed E-state index contributed by atoms with van der Waals surface area (Å²) in [6.07, 6.45) is -10.1. The van der Waals surface area contributed by atoms with Crippen molar-refractivity contribution in [1.29, 1.82) is 0 Å². The van der Waals surface area contributed by atoms with E-state index in [2.05, 4.69) is 0 Å². The highest BCUT2D eigenvalue weighted by atomic mass is 79.9. The molecule has 0 aliphatic carbocycles. The van der Waals surface area contributed by atoms with Crippen LogP contribution >= 0.6 is 40.2 Å². The standard InChI is InChI=1S/C9H4Cl2F6N2O.BrH/c10-4-1-3(8(12,13)14)2-5(11)6(4)19(18)7(20)9(15,16)17;/h1-2H,18H2;1H. The Balaban J connectivity index is 0.00000400. The molecule has 0 bridgehead atoms. The molecule has 0 unspecified atom stereocenters. The maximum atomic E-state index is 12.4. The SMILES string of the molecule is Br.NN(C(=O)C(F)(F)F)c1c(Cl)cc(C(F)(F)F)cc1Cl. The van der Waals surface area contributed by atoms with Crippen molar-refractivity contribution in [3.8, 4) is 0 Å². The third-order valence-electron chi connectivity index (χ3n) is 2.05. The first-order valence-corrected chi connectivity index (χ1v) is 5.33. The molecule has 0 aliphatic heterocycles. The second kappa shape index (κ2) is 6.59. The fourth-order valence-electron chi connectivity index (χ4n) is 1.20. The van der Waals surface area contributed by atoms with Crippen LogP contribution in [0.1, 0.15) is 5.56 Å². The molecule has 3 nitrogen and oxygen atoms in total. The predicted molar refractivity (Wildman–Crippen MR) is 69.5 cm³/mol. The van der Waals surface area contributed by atoms with Gasteiger partial charge in [-0.05, 0) is 12.1 Å². The minimum Gasteiger partial charge on any atom is -0.262 e. The zero-order valence-corrected chi connectivity index (χ0v) is 12.7. The summed E-state index contributed by atoms with van der Waals surface area (Å²) in [4.78, 5) is 10.9. The zero-order chi connectivity index (χ0) is 15.9. The van der Waals surface area contributed by atoms with Gasteiger partial charge in [0.2, 0.25) is 0 Å². The summed E-state index contributed by atoms with van der Waals surface area (Å²) >= 11 is 10.8. The van der Waals surface area contributed by atoms with Crippen LogP contribution in [0.15, 0.2) is 12.1 Å². The summed E-state index contributed by atoms with van der Waals surface area (Å²) in [6, 6.07) is 0.624. The third kappa shape index (κ3) is 4.63. The molecule has 2 N–H and O–H groups in total. The topological polar surface area (TPSA) is 46.3 Å². The third-order valence-corrected chi connectivity index (χ3v) is 2.62. The molecule has 21 heavy (non-hydrogen) atoms. The number of alkyl halides is 6. The lowest BCUT2D eigenvalue weighted by Crippen LogP contribution is -2.46. The Labute approximate surface area is 134 Å². The van der Waals surface area contributed by atoms with Gasteiger partial charge in [-0.1, -0.05) is 23.2 Å². The first-order chi connectivity index (χ1) is 8.85.